The predicted octanol–water partition coefficient (Wildman–Crippen LogP) is 4.09. The Kier molecular flexibility index (Phi) is 5.41. The van der Waals surface area contributed by atoms with Crippen molar-refractivity contribution in [3.63, 3.8) is 0 Å². The second-order valence-corrected chi connectivity index (χ2v) is 7.72. The van der Waals surface area contributed by atoms with Crippen molar-refractivity contribution < 1.29 is 14.0 Å². The highest BCUT2D eigenvalue weighted by atomic mass is 35.5. The molecule has 0 spiro atoms. The highest BCUT2D eigenvalue weighted by Crippen LogP contribution is 2.41. The van der Waals surface area contributed by atoms with Crippen molar-refractivity contribution in [1.82, 2.24) is 10.3 Å². The van der Waals surface area contributed by atoms with Crippen LogP contribution in [0.5, 0.6) is 0 Å². The van der Waals surface area contributed by atoms with Gasteiger partial charge in [-0.15, -0.1) is 5.10 Å². The zero-order chi connectivity index (χ0) is 18.0. The lowest BCUT2D eigenvalue weighted by atomic mass is 10.4. The topological polar surface area (TPSA) is 74.9 Å². The van der Waals surface area contributed by atoms with Crippen LogP contribution in [0.2, 0.25) is 5.02 Å². The fourth-order valence-electron chi connectivity index (χ4n) is 2.09. The van der Waals surface area contributed by atoms with Crippen molar-refractivity contribution in [2.45, 2.75) is 29.2 Å². The molecule has 1 aromatic heterocycles. The summed E-state index contributed by atoms with van der Waals surface area (Å²) in [6.45, 7) is 2.81. The van der Waals surface area contributed by atoms with Crippen LogP contribution in [-0.4, -0.2) is 22.0 Å². The standard InChI is InChI=1S/C16H14ClN3O3S2/c1-9(21)18-16-19-20(10(2)22)15(25-16)13-7-8-14(23-13)24-12-5-3-11(17)4-6-12/h3-8,15H,1-2H3,(H,18,19,21). The molecule has 3 rings (SSSR count). The van der Waals surface area contributed by atoms with Crippen molar-refractivity contribution in [3.8, 4) is 0 Å². The third-order valence-electron chi connectivity index (χ3n) is 3.13. The van der Waals surface area contributed by atoms with Gasteiger partial charge in [-0.1, -0.05) is 35.1 Å². The van der Waals surface area contributed by atoms with Gasteiger partial charge in [-0.25, -0.2) is 5.01 Å². The molecule has 25 heavy (non-hydrogen) atoms. The summed E-state index contributed by atoms with van der Waals surface area (Å²) in [7, 11) is 0. The summed E-state index contributed by atoms with van der Waals surface area (Å²) in [5, 5.41) is 9.32. The van der Waals surface area contributed by atoms with Gasteiger partial charge in [0.15, 0.2) is 15.6 Å². The van der Waals surface area contributed by atoms with E-state index < -0.39 is 5.37 Å². The zero-order valence-corrected chi connectivity index (χ0v) is 15.7. The number of amides is 2. The molecule has 9 heteroatoms. The van der Waals surface area contributed by atoms with Gasteiger partial charge in [-0.3, -0.25) is 9.59 Å². The van der Waals surface area contributed by atoms with E-state index in [4.69, 9.17) is 16.0 Å². The molecule has 2 heterocycles. The second kappa shape index (κ2) is 7.55. The lowest BCUT2D eigenvalue weighted by Crippen LogP contribution is -2.25. The number of rotatable bonds is 3. The zero-order valence-electron chi connectivity index (χ0n) is 13.4. The maximum absolute atomic E-state index is 11.8. The molecule has 1 aromatic carbocycles. The monoisotopic (exact) mass is 395 g/mol. The Bertz CT molecular complexity index is 835. The van der Waals surface area contributed by atoms with E-state index in [-0.39, 0.29) is 11.8 Å². The van der Waals surface area contributed by atoms with Crippen LogP contribution in [0.25, 0.3) is 0 Å². The molecule has 0 bridgehead atoms. The van der Waals surface area contributed by atoms with Crippen LogP contribution >= 0.6 is 35.1 Å². The van der Waals surface area contributed by atoms with E-state index in [2.05, 4.69) is 10.4 Å². The molecule has 0 aliphatic carbocycles. The Morgan fingerprint density at radius 3 is 2.60 bits per heavy atom. The Morgan fingerprint density at radius 2 is 1.96 bits per heavy atom. The molecule has 0 saturated carbocycles. The van der Waals surface area contributed by atoms with Crippen molar-refractivity contribution in [1.29, 1.82) is 0 Å². The Hall–Kier alpha value is -1.90. The number of hydrazone groups is 1. The van der Waals surface area contributed by atoms with Crippen LogP contribution in [0, 0.1) is 0 Å². The maximum atomic E-state index is 11.8. The van der Waals surface area contributed by atoms with Gasteiger partial charge >= 0.3 is 0 Å². The van der Waals surface area contributed by atoms with E-state index in [1.807, 2.05) is 30.3 Å². The number of carbonyl (C=O) groups excluding carboxylic acids is 2. The largest absolute Gasteiger partial charge is 0.451 e. The number of thioether (sulfide) groups is 1. The van der Waals surface area contributed by atoms with Crippen molar-refractivity contribution in [2.75, 3.05) is 0 Å². The SMILES string of the molecule is CC(=O)NC1=NN(C(C)=O)C(c2ccc(Sc3ccc(Cl)cc3)o2)S1. The molecule has 1 aliphatic heterocycles. The van der Waals surface area contributed by atoms with Crippen LogP contribution in [0.3, 0.4) is 0 Å². The number of amidine groups is 1. The normalized spacial score (nSPS) is 16.7. The van der Waals surface area contributed by atoms with Crippen molar-refractivity contribution in [3.05, 3.63) is 47.2 Å². The lowest BCUT2D eigenvalue weighted by Gasteiger charge is -2.16. The first-order valence-electron chi connectivity index (χ1n) is 7.28. The first-order valence-corrected chi connectivity index (χ1v) is 9.35. The minimum absolute atomic E-state index is 0.235. The third-order valence-corrected chi connectivity index (χ3v) is 5.37. The maximum Gasteiger partial charge on any atom is 0.241 e. The Balaban J connectivity index is 1.75. The van der Waals surface area contributed by atoms with Gasteiger partial charge in [0.2, 0.25) is 11.8 Å². The van der Waals surface area contributed by atoms with E-state index in [0.717, 1.165) is 4.90 Å². The van der Waals surface area contributed by atoms with E-state index in [1.165, 1.54) is 42.4 Å². The van der Waals surface area contributed by atoms with Crippen LogP contribution in [0.1, 0.15) is 25.0 Å². The van der Waals surface area contributed by atoms with E-state index in [0.29, 0.717) is 21.0 Å². The van der Waals surface area contributed by atoms with Crippen LogP contribution in [0.4, 0.5) is 0 Å². The average Bonchev–Trinajstić information content (AvgIpc) is 3.16. The second-order valence-electron chi connectivity index (χ2n) is 5.13. The number of hydrogen-bond acceptors (Lipinski definition) is 6. The first-order chi connectivity index (χ1) is 11.9. The summed E-state index contributed by atoms with van der Waals surface area (Å²) in [6.07, 6.45) is 0. The highest BCUT2D eigenvalue weighted by Gasteiger charge is 2.34. The van der Waals surface area contributed by atoms with Crippen molar-refractivity contribution >= 4 is 52.1 Å². The molecule has 2 amide bonds. The highest BCUT2D eigenvalue weighted by molar-refractivity contribution is 8.14. The summed E-state index contributed by atoms with van der Waals surface area (Å²) >= 11 is 8.59. The number of halogens is 1. The summed E-state index contributed by atoms with van der Waals surface area (Å²) < 4.78 is 5.86. The number of furan rings is 1. The van der Waals surface area contributed by atoms with Gasteiger partial charge in [0.1, 0.15) is 5.76 Å². The average molecular weight is 396 g/mol. The smallest absolute Gasteiger partial charge is 0.241 e. The molecule has 1 unspecified atom stereocenters. The van der Waals surface area contributed by atoms with Gasteiger partial charge in [0.25, 0.3) is 0 Å². The minimum Gasteiger partial charge on any atom is -0.451 e. The van der Waals surface area contributed by atoms with E-state index in [9.17, 15) is 9.59 Å². The quantitative estimate of drug-likeness (QED) is 0.847. The molecule has 6 nitrogen and oxygen atoms in total. The van der Waals surface area contributed by atoms with E-state index >= 15 is 0 Å². The van der Waals surface area contributed by atoms with Crippen LogP contribution in [-0.2, 0) is 9.59 Å². The fourth-order valence-corrected chi connectivity index (χ4v) is 4.08. The van der Waals surface area contributed by atoms with Gasteiger partial charge in [0.05, 0.1) is 0 Å². The van der Waals surface area contributed by atoms with Crippen LogP contribution in [0.15, 0.2) is 55.9 Å². The molecule has 1 N–H and O–H groups in total. The summed E-state index contributed by atoms with van der Waals surface area (Å²) in [5.41, 5.74) is 0. The molecule has 1 aliphatic rings. The summed E-state index contributed by atoms with van der Waals surface area (Å²) in [6, 6.07) is 11.1. The van der Waals surface area contributed by atoms with Gasteiger partial charge < -0.3 is 9.73 Å². The van der Waals surface area contributed by atoms with Crippen molar-refractivity contribution in [2.24, 2.45) is 5.10 Å². The van der Waals surface area contributed by atoms with Gasteiger partial charge in [-0.2, -0.15) is 0 Å². The first kappa shape index (κ1) is 17.9. The van der Waals surface area contributed by atoms with E-state index in [1.54, 1.807) is 6.07 Å². The van der Waals surface area contributed by atoms with Gasteiger partial charge in [-0.05, 0) is 36.4 Å². The molecular formula is C16H14ClN3O3S2. The number of carbonyl (C=O) groups is 2. The fraction of sp³-hybridized carbons (Fsp3) is 0.188. The number of hydrogen-bond donors (Lipinski definition) is 1. The summed E-state index contributed by atoms with van der Waals surface area (Å²) in [4.78, 5) is 24.0. The summed E-state index contributed by atoms with van der Waals surface area (Å²) in [5.74, 6) is 0.107. The number of benzene rings is 1. The Labute approximate surface area is 158 Å². The lowest BCUT2D eigenvalue weighted by molar-refractivity contribution is -0.129. The Morgan fingerprint density at radius 1 is 1.24 bits per heavy atom. The molecule has 1 atom stereocenters. The molecule has 0 fully saturated rings. The predicted molar refractivity (Wildman–Crippen MR) is 98.4 cm³/mol. The molecule has 0 radical (unpaired) electrons. The minimum atomic E-state index is -0.445. The number of nitrogens with one attached hydrogen (secondary N) is 1. The third kappa shape index (κ3) is 4.39. The molecule has 130 valence electrons. The van der Waals surface area contributed by atoms with Gasteiger partial charge in [0, 0.05) is 23.8 Å². The number of nitrogens with zero attached hydrogens (tertiary/aromatic N) is 2. The van der Waals surface area contributed by atoms with Crippen LogP contribution < -0.4 is 5.32 Å². The molecule has 0 saturated heterocycles. The molecule has 2 aromatic rings. The molecular weight excluding hydrogens is 382 g/mol.